The monoisotopic (exact) mass is 271 g/mol. The quantitative estimate of drug-likeness (QED) is 0.737. The Labute approximate surface area is 126 Å². The van der Waals surface area contributed by atoms with E-state index in [4.69, 9.17) is 5.26 Å². The lowest BCUT2D eigenvalue weighted by molar-refractivity contribution is 0.962. The molecule has 0 aliphatic rings. The summed E-state index contributed by atoms with van der Waals surface area (Å²) in [4.78, 5) is 0. The van der Waals surface area contributed by atoms with Gasteiger partial charge in [-0.15, -0.1) is 0 Å². The highest BCUT2D eigenvalue weighted by Crippen LogP contribution is 2.07. The Morgan fingerprint density at radius 2 is 1.38 bits per heavy atom. The van der Waals surface area contributed by atoms with Crippen LogP contribution < -0.4 is 0 Å². The molecule has 0 saturated heterocycles. The van der Waals surface area contributed by atoms with Gasteiger partial charge in [0.25, 0.3) is 0 Å². The van der Waals surface area contributed by atoms with Crippen molar-refractivity contribution in [1.82, 2.24) is 0 Å². The van der Waals surface area contributed by atoms with Crippen molar-refractivity contribution in [3.05, 3.63) is 76.9 Å². The van der Waals surface area contributed by atoms with Gasteiger partial charge in [-0.1, -0.05) is 49.5 Å². The van der Waals surface area contributed by atoms with Crippen LogP contribution in [0.2, 0.25) is 0 Å². The summed E-state index contributed by atoms with van der Waals surface area (Å²) in [6.07, 6.45) is 6.61. The van der Waals surface area contributed by atoms with Crippen LogP contribution in [0.1, 0.15) is 42.0 Å². The van der Waals surface area contributed by atoms with Gasteiger partial charge in [-0.2, -0.15) is 5.26 Å². The summed E-state index contributed by atoms with van der Waals surface area (Å²) in [5.74, 6) is 6.24. The Hall–Kier alpha value is -2.77. The first-order chi connectivity index (χ1) is 10.3. The van der Waals surface area contributed by atoms with Gasteiger partial charge in [-0.25, -0.2) is 0 Å². The first kappa shape index (κ1) is 14.6. The number of benzene rings is 2. The molecule has 1 nitrogen and oxygen atoms in total. The van der Waals surface area contributed by atoms with Crippen LogP contribution in [0.5, 0.6) is 0 Å². The van der Waals surface area contributed by atoms with E-state index in [0.717, 1.165) is 17.5 Å². The van der Waals surface area contributed by atoms with Crippen LogP contribution in [-0.2, 0) is 0 Å². The normalized spacial score (nSPS) is 9.90. The van der Waals surface area contributed by atoms with Crippen molar-refractivity contribution in [3.8, 4) is 17.9 Å². The van der Waals surface area contributed by atoms with Gasteiger partial charge < -0.3 is 0 Å². The van der Waals surface area contributed by atoms with Gasteiger partial charge in [0.1, 0.15) is 0 Å². The molecule has 21 heavy (non-hydrogen) atoms. The molecular formula is C20H17N. The van der Waals surface area contributed by atoms with Crippen molar-refractivity contribution in [1.29, 1.82) is 5.26 Å². The fourth-order valence-electron chi connectivity index (χ4n) is 1.84. The fourth-order valence-corrected chi connectivity index (χ4v) is 1.84. The van der Waals surface area contributed by atoms with E-state index in [9.17, 15) is 0 Å². The summed E-state index contributed by atoms with van der Waals surface area (Å²) in [6, 6.07) is 17.6. The molecule has 0 radical (unpaired) electrons. The highest BCUT2D eigenvalue weighted by molar-refractivity contribution is 5.52. The highest BCUT2D eigenvalue weighted by Gasteiger charge is 1.91. The first-order valence-electron chi connectivity index (χ1n) is 7.10. The molecule has 0 atom stereocenters. The number of hydrogen-bond acceptors (Lipinski definition) is 1. The second-order valence-electron chi connectivity index (χ2n) is 4.75. The molecule has 0 aliphatic carbocycles. The third-order valence-electron chi connectivity index (χ3n) is 3.04. The Morgan fingerprint density at radius 1 is 0.857 bits per heavy atom. The molecular weight excluding hydrogens is 254 g/mol. The van der Waals surface area contributed by atoms with Crippen molar-refractivity contribution in [2.45, 2.75) is 19.8 Å². The van der Waals surface area contributed by atoms with Crippen molar-refractivity contribution in [2.24, 2.45) is 0 Å². The van der Waals surface area contributed by atoms with Crippen LogP contribution >= 0.6 is 0 Å². The topological polar surface area (TPSA) is 23.8 Å². The van der Waals surface area contributed by atoms with E-state index in [1.165, 1.54) is 12.0 Å². The summed E-state index contributed by atoms with van der Waals surface area (Å²) >= 11 is 0. The molecule has 2 aromatic carbocycles. The predicted molar refractivity (Wildman–Crippen MR) is 87.5 cm³/mol. The predicted octanol–water partition coefficient (Wildman–Crippen LogP) is 4.77. The molecule has 0 bridgehead atoms. The maximum Gasteiger partial charge on any atom is 0.0991 e. The van der Waals surface area contributed by atoms with Gasteiger partial charge in [-0.3, -0.25) is 0 Å². The van der Waals surface area contributed by atoms with Crippen LogP contribution in [0.25, 0.3) is 6.08 Å². The molecule has 1 heteroatoms. The molecule has 0 spiro atoms. The Morgan fingerprint density at radius 3 is 1.90 bits per heavy atom. The lowest BCUT2D eigenvalue weighted by atomic mass is 10.1. The van der Waals surface area contributed by atoms with Crippen LogP contribution in [0.3, 0.4) is 0 Å². The molecule has 0 N–H and O–H groups in total. The van der Waals surface area contributed by atoms with Gasteiger partial charge >= 0.3 is 0 Å². The summed E-state index contributed by atoms with van der Waals surface area (Å²) in [5.41, 5.74) is 3.77. The summed E-state index contributed by atoms with van der Waals surface area (Å²) in [6.45, 7) is 2.17. The van der Waals surface area contributed by atoms with E-state index >= 15 is 0 Å². The maximum atomic E-state index is 8.75. The van der Waals surface area contributed by atoms with E-state index in [0.29, 0.717) is 5.56 Å². The lowest BCUT2D eigenvalue weighted by Crippen LogP contribution is -1.78. The molecule has 0 aromatic heterocycles. The smallest absolute Gasteiger partial charge is 0.0991 e. The standard InChI is InChI=1S/C20H17N/c1-2-3-4-5-17-6-8-18(9-7-17)10-11-19-12-14-20(16-21)15-13-19/h4-9,12-15H,2-3H2,1H3/b5-4+. The number of rotatable bonds is 3. The SMILES string of the molecule is CCC/C=C/c1ccc(C#Cc2ccc(C#N)cc2)cc1. The van der Waals surface area contributed by atoms with E-state index in [2.05, 4.69) is 49.1 Å². The lowest BCUT2D eigenvalue weighted by Gasteiger charge is -1.94. The molecule has 0 aliphatic heterocycles. The fraction of sp³-hybridized carbons (Fsp3) is 0.150. The van der Waals surface area contributed by atoms with E-state index in [-0.39, 0.29) is 0 Å². The van der Waals surface area contributed by atoms with Gasteiger partial charge in [0.05, 0.1) is 11.6 Å². The first-order valence-corrected chi connectivity index (χ1v) is 7.10. The van der Waals surface area contributed by atoms with Crippen LogP contribution in [0, 0.1) is 23.2 Å². The largest absolute Gasteiger partial charge is 0.192 e. The molecule has 0 heterocycles. The Balaban J connectivity index is 2.06. The zero-order valence-electron chi connectivity index (χ0n) is 12.1. The van der Waals surface area contributed by atoms with Crippen molar-refractivity contribution >= 4 is 6.08 Å². The van der Waals surface area contributed by atoms with Crippen LogP contribution in [0.15, 0.2) is 54.6 Å². The van der Waals surface area contributed by atoms with Crippen molar-refractivity contribution < 1.29 is 0 Å². The molecule has 0 fully saturated rings. The highest BCUT2D eigenvalue weighted by atomic mass is 14.2. The van der Waals surface area contributed by atoms with Gasteiger partial charge in [0, 0.05) is 11.1 Å². The van der Waals surface area contributed by atoms with E-state index < -0.39 is 0 Å². The van der Waals surface area contributed by atoms with Gasteiger partial charge in [0.15, 0.2) is 0 Å². The van der Waals surface area contributed by atoms with Crippen molar-refractivity contribution in [3.63, 3.8) is 0 Å². The minimum Gasteiger partial charge on any atom is -0.192 e. The second kappa shape index (κ2) is 7.73. The minimum absolute atomic E-state index is 0.656. The average Bonchev–Trinajstić information content (AvgIpc) is 2.55. The van der Waals surface area contributed by atoms with E-state index in [1.807, 2.05) is 24.3 Å². The van der Waals surface area contributed by atoms with Crippen LogP contribution in [-0.4, -0.2) is 0 Å². The Kier molecular flexibility index (Phi) is 5.39. The summed E-state index contributed by atoms with van der Waals surface area (Å²) in [7, 11) is 0. The molecule has 0 saturated carbocycles. The number of unbranched alkanes of at least 4 members (excludes halogenated alkanes) is 1. The number of nitrogens with zero attached hydrogens (tertiary/aromatic N) is 1. The third kappa shape index (κ3) is 4.68. The van der Waals surface area contributed by atoms with Gasteiger partial charge in [0.2, 0.25) is 0 Å². The number of allylic oxidation sites excluding steroid dienone is 1. The zero-order valence-corrected chi connectivity index (χ0v) is 12.1. The zero-order chi connectivity index (χ0) is 14.9. The summed E-state index contributed by atoms with van der Waals surface area (Å²) in [5, 5.41) is 8.75. The number of nitriles is 1. The third-order valence-corrected chi connectivity index (χ3v) is 3.04. The second-order valence-corrected chi connectivity index (χ2v) is 4.75. The molecule has 102 valence electrons. The maximum absolute atomic E-state index is 8.75. The number of hydrogen-bond donors (Lipinski definition) is 0. The van der Waals surface area contributed by atoms with Crippen molar-refractivity contribution in [2.75, 3.05) is 0 Å². The summed E-state index contributed by atoms with van der Waals surface area (Å²) < 4.78 is 0. The Bertz CT molecular complexity index is 702. The molecule has 0 amide bonds. The molecule has 2 aromatic rings. The average molecular weight is 271 g/mol. The molecule has 0 unspecified atom stereocenters. The van der Waals surface area contributed by atoms with Gasteiger partial charge in [-0.05, 0) is 48.4 Å². The van der Waals surface area contributed by atoms with Crippen LogP contribution in [0.4, 0.5) is 0 Å². The molecule has 2 rings (SSSR count). The van der Waals surface area contributed by atoms with E-state index in [1.54, 1.807) is 12.1 Å². The minimum atomic E-state index is 0.656.